The molecule has 3 aromatic carbocycles. The van der Waals surface area contributed by atoms with Crippen LogP contribution in [-0.2, 0) is 6.54 Å². The number of furan rings is 1. The molecule has 0 saturated heterocycles. The van der Waals surface area contributed by atoms with Crippen molar-refractivity contribution in [1.82, 2.24) is 13.3 Å². The number of aromatic nitrogens is 3. The maximum absolute atomic E-state index is 14.7. The molecule has 0 saturated carbocycles. The Balaban J connectivity index is 1.65. The normalized spacial score (nSPS) is 11.5. The Bertz CT molecular complexity index is 1750. The highest BCUT2D eigenvalue weighted by atomic mass is 32.1. The number of benzene rings is 3. The second kappa shape index (κ2) is 8.10. The first-order valence-corrected chi connectivity index (χ1v) is 11.3. The van der Waals surface area contributed by atoms with Crippen molar-refractivity contribution in [2.45, 2.75) is 6.54 Å². The molecular formula is C25H16FN3O5S. The van der Waals surface area contributed by atoms with E-state index >= 15 is 0 Å². The number of hydrogen-bond acceptors (Lipinski definition) is 7. The molecular weight excluding hydrogens is 473 g/mol. The lowest BCUT2D eigenvalue weighted by Gasteiger charge is -2.12. The van der Waals surface area contributed by atoms with Gasteiger partial charge in [-0.25, -0.2) is 9.18 Å². The van der Waals surface area contributed by atoms with E-state index < -0.39 is 12.0 Å². The third-order valence-electron chi connectivity index (χ3n) is 5.81. The van der Waals surface area contributed by atoms with Gasteiger partial charge in [0.2, 0.25) is 5.88 Å². The average Bonchev–Trinajstić information content (AvgIpc) is 3.52. The molecule has 0 spiro atoms. The van der Waals surface area contributed by atoms with Crippen LogP contribution in [0.2, 0.25) is 0 Å². The summed E-state index contributed by atoms with van der Waals surface area (Å²) in [5, 5.41) is 10.4. The van der Waals surface area contributed by atoms with Crippen molar-refractivity contribution in [3.05, 3.63) is 72.0 Å². The van der Waals surface area contributed by atoms with Crippen molar-refractivity contribution in [3.8, 4) is 22.8 Å². The Morgan fingerprint density at radius 1 is 1.11 bits per heavy atom. The molecule has 1 N–H and O–H groups in total. The smallest absolute Gasteiger partial charge is 0.494 e. The van der Waals surface area contributed by atoms with E-state index in [4.69, 9.17) is 13.9 Å². The van der Waals surface area contributed by atoms with Crippen LogP contribution in [0.25, 0.3) is 44.2 Å². The van der Waals surface area contributed by atoms with E-state index in [-0.39, 0.29) is 18.2 Å². The number of ether oxygens (including phenoxy) is 2. The number of nitrogens with zero attached hydrogens (tertiary/aromatic N) is 3. The van der Waals surface area contributed by atoms with Gasteiger partial charge in [0.05, 0.1) is 36.5 Å². The Morgan fingerprint density at radius 2 is 1.94 bits per heavy atom. The van der Waals surface area contributed by atoms with Crippen LogP contribution in [0.1, 0.15) is 5.56 Å². The zero-order chi connectivity index (χ0) is 24.1. The summed E-state index contributed by atoms with van der Waals surface area (Å²) in [6, 6.07) is 17.5. The standard InChI is InChI=1S/C25H16FN3O5S/c1-32-20-9-7-14(11-16(20)26)21-23-22(15-4-2-3-5-19(15)33-23)29(24(21)34-25(30)31)12-13-6-8-17-18(10-13)28-35-27-17/h2-11H,12H2,1H3,(H,30,31). The summed E-state index contributed by atoms with van der Waals surface area (Å²) < 4.78 is 41.4. The van der Waals surface area contributed by atoms with E-state index in [1.54, 1.807) is 10.6 Å². The predicted molar refractivity (Wildman–Crippen MR) is 129 cm³/mol. The monoisotopic (exact) mass is 489 g/mol. The first-order chi connectivity index (χ1) is 17.0. The number of carbonyl (C=O) groups is 1. The van der Waals surface area contributed by atoms with E-state index in [0.29, 0.717) is 27.8 Å². The maximum atomic E-state index is 14.7. The summed E-state index contributed by atoms with van der Waals surface area (Å²) in [6.45, 7) is 0.259. The van der Waals surface area contributed by atoms with Crippen LogP contribution >= 0.6 is 11.7 Å². The van der Waals surface area contributed by atoms with E-state index in [1.165, 1.54) is 19.2 Å². The molecule has 35 heavy (non-hydrogen) atoms. The summed E-state index contributed by atoms with van der Waals surface area (Å²) in [7, 11) is 1.37. The van der Waals surface area contributed by atoms with Gasteiger partial charge < -0.3 is 23.6 Å². The predicted octanol–water partition coefficient (Wildman–Crippen LogP) is 6.31. The fraction of sp³-hybridized carbons (Fsp3) is 0.0800. The molecule has 3 aromatic heterocycles. The van der Waals surface area contributed by atoms with Crippen LogP contribution in [0.15, 0.2) is 65.1 Å². The lowest BCUT2D eigenvalue weighted by atomic mass is 10.1. The van der Waals surface area contributed by atoms with Gasteiger partial charge in [-0.15, -0.1) is 0 Å². The van der Waals surface area contributed by atoms with Gasteiger partial charge in [0.25, 0.3) is 0 Å². The lowest BCUT2D eigenvalue weighted by molar-refractivity contribution is 0.141. The zero-order valence-electron chi connectivity index (χ0n) is 18.2. The van der Waals surface area contributed by atoms with Crippen LogP contribution in [0.3, 0.4) is 0 Å². The Morgan fingerprint density at radius 3 is 2.74 bits per heavy atom. The minimum atomic E-state index is -1.50. The number of para-hydroxylation sites is 1. The van der Waals surface area contributed by atoms with E-state index in [9.17, 15) is 14.3 Å². The van der Waals surface area contributed by atoms with Gasteiger partial charge >= 0.3 is 6.16 Å². The highest BCUT2D eigenvalue weighted by Gasteiger charge is 2.28. The molecule has 0 unspecified atom stereocenters. The number of fused-ring (bicyclic) bond motifs is 4. The zero-order valence-corrected chi connectivity index (χ0v) is 19.0. The molecule has 0 aliphatic heterocycles. The quantitative estimate of drug-likeness (QED) is 0.283. The van der Waals surface area contributed by atoms with Gasteiger partial charge in [-0.2, -0.15) is 8.75 Å². The maximum Gasteiger partial charge on any atom is 0.512 e. The SMILES string of the molecule is COc1ccc(-c2c(OC(=O)O)n(Cc3ccc4nsnc4c3)c3c2oc2ccccc23)cc1F. The number of methoxy groups -OCH3 is 1. The largest absolute Gasteiger partial charge is 0.512 e. The van der Waals surface area contributed by atoms with E-state index in [0.717, 1.165) is 33.7 Å². The van der Waals surface area contributed by atoms with E-state index in [1.807, 2.05) is 42.5 Å². The van der Waals surface area contributed by atoms with Crippen molar-refractivity contribution < 1.29 is 28.2 Å². The van der Waals surface area contributed by atoms with E-state index in [2.05, 4.69) is 8.75 Å². The summed E-state index contributed by atoms with van der Waals surface area (Å²) in [5.41, 5.74) is 4.74. The summed E-state index contributed by atoms with van der Waals surface area (Å²) >= 11 is 1.12. The minimum absolute atomic E-state index is 0.0260. The molecule has 0 aliphatic carbocycles. The van der Waals surface area contributed by atoms with Crippen molar-refractivity contribution in [3.63, 3.8) is 0 Å². The van der Waals surface area contributed by atoms with Crippen molar-refractivity contribution >= 4 is 51.0 Å². The van der Waals surface area contributed by atoms with Crippen molar-refractivity contribution in [1.29, 1.82) is 0 Å². The molecule has 10 heteroatoms. The molecule has 6 rings (SSSR count). The third-order valence-corrected chi connectivity index (χ3v) is 6.37. The summed E-state index contributed by atoms with van der Waals surface area (Å²) in [5.74, 6) is -0.497. The van der Waals surface area contributed by atoms with Gasteiger partial charge in [0, 0.05) is 5.39 Å². The molecule has 0 atom stereocenters. The number of halogens is 1. The number of rotatable bonds is 5. The summed E-state index contributed by atoms with van der Waals surface area (Å²) in [4.78, 5) is 11.7. The van der Waals surface area contributed by atoms with Gasteiger partial charge in [0.15, 0.2) is 17.1 Å². The van der Waals surface area contributed by atoms with Crippen molar-refractivity contribution in [2.75, 3.05) is 7.11 Å². The molecule has 6 aromatic rings. The lowest BCUT2D eigenvalue weighted by Crippen LogP contribution is -2.10. The molecule has 0 aliphatic rings. The second-order valence-corrected chi connectivity index (χ2v) is 8.38. The third kappa shape index (κ3) is 3.46. The average molecular weight is 489 g/mol. The van der Waals surface area contributed by atoms with Crippen LogP contribution < -0.4 is 9.47 Å². The van der Waals surface area contributed by atoms with Crippen LogP contribution in [0.5, 0.6) is 11.6 Å². The first-order valence-electron chi connectivity index (χ1n) is 10.5. The topological polar surface area (TPSA) is 99.6 Å². The minimum Gasteiger partial charge on any atom is -0.494 e. The summed E-state index contributed by atoms with van der Waals surface area (Å²) in [6.07, 6.45) is -1.50. The van der Waals surface area contributed by atoms with Gasteiger partial charge in [-0.3, -0.25) is 0 Å². The first kappa shape index (κ1) is 21.1. The van der Waals surface area contributed by atoms with Crippen LogP contribution in [-0.4, -0.2) is 31.7 Å². The Kier molecular flexibility index (Phi) is 4.89. The van der Waals surface area contributed by atoms with Gasteiger partial charge in [0.1, 0.15) is 16.6 Å². The van der Waals surface area contributed by atoms with Crippen LogP contribution in [0.4, 0.5) is 9.18 Å². The molecule has 0 radical (unpaired) electrons. The van der Waals surface area contributed by atoms with Crippen molar-refractivity contribution in [2.24, 2.45) is 0 Å². The fourth-order valence-corrected chi connectivity index (χ4v) is 4.85. The number of hydrogen-bond donors (Lipinski definition) is 1. The Hall–Kier alpha value is -4.44. The fourth-order valence-electron chi connectivity index (χ4n) is 4.33. The highest BCUT2D eigenvalue weighted by molar-refractivity contribution is 7.00. The molecule has 0 amide bonds. The highest BCUT2D eigenvalue weighted by Crippen LogP contribution is 2.45. The molecule has 0 fully saturated rings. The van der Waals surface area contributed by atoms with Gasteiger partial charge in [-0.05, 0) is 47.5 Å². The molecule has 8 nitrogen and oxygen atoms in total. The van der Waals surface area contributed by atoms with Gasteiger partial charge in [-0.1, -0.05) is 24.3 Å². The second-order valence-electron chi connectivity index (χ2n) is 7.85. The molecule has 0 bridgehead atoms. The Labute approximate surface area is 201 Å². The molecule has 174 valence electrons. The molecule has 3 heterocycles. The van der Waals surface area contributed by atoms with Crippen LogP contribution in [0, 0.1) is 5.82 Å². The number of carboxylic acid groups (broad SMARTS) is 1.